The number of halogens is 1. The van der Waals surface area contributed by atoms with Crippen molar-refractivity contribution < 1.29 is 4.74 Å². The summed E-state index contributed by atoms with van der Waals surface area (Å²) in [4.78, 5) is 12.1. The summed E-state index contributed by atoms with van der Waals surface area (Å²) in [6.45, 7) is 2.82. The van der Waals surface area contributed by atoms with Crippen LogP contribution in [0.3, 0.4) is 0 Å². The van der Waals surface area contributed by atoms with Gasteiger partial charge in [-0.1, -0.05) is 23.7 Å². The van der Waals surface area contributed by atoms with Crippen LogP contribution < -0.4 is 10.3 Å². The number of pyridine rings is 1. The molecule has 94 valence electrons. The first-order valence-corrected chi connectivity index (χ1v) is 6.15. The number of ether oxygens (including phenoxy) is 1. The fourth-order valence-electron chi connectivity index (χ4n) is 1.74. The molecule has 0 aliphatic rings. The molecule has 1 heterocycles. The molecule has 2 aromatic rings. The average molecular weight is 264 g/mol. The van der Waals surface area contributed by atoms with Crippen molar-refractivity contribution in [1.29, 1.82) is 0 Å². The maximum absolute atomic E-state index is 12.1. The van der Waals surface area contributed by atoms with Gasteiger partial charge < -0.3 is 9.30 Å². The highest BCUT2D eigenvalue weighted by Crippen LogP contribution is 2.12. The van der Waals surface area contributed by atoms with E-state index in [-0.39, 0.29) is 5.56 Å². The van der Waals surface area contributed by atoms with Crippen LogP contribution >= 0.6 is 11.6 Å². The number of rotatable bonds is 4. The lowest BCUT2D eigenvalue weighted by molar-refractivity contribution is 0.332. The molecule has 0 unspecified atom stereocenters. The third-order valence-corrected chi connectivity index (χ3v) is 2.76. The number of nitrogens with zero attached hydrogens (tertiary/aromatic N) is 1. The van der Waals surface area contributed by atoms with Crippen LogP contribution in [0.1, 0.15) is 12.5 Å². The van der Waals surface area contributed by atoms with E-state index in [1.165, 1.54) is 0 Å². The summed E-state index contributed by atoms with van der Waals surface area (Å²) in [5, 5.41) is 0.668. The monoisotopic (exact) mass is 263 g/mol. The average Bonchev–Trinajstić information content (AvgIpc) is 2.35. The van der Waals surface area contributed by atoms with Crippen molar-refractivity contribution in [2.24, 2.45) is 0 Å². The van der Waals surface area contributed by atoms with Crippen LogP contribution in [0.25, 0.3) is 0 Å². The predicted octanol–water partition coefficient (Wildman–Crippen LogP) is 2.95. The summed E-state index contributed by atoms with van der Waals surface area (Å²) < 4.78 is 6.89. The van der Waals surface area contributed by atoms with Crippen molar-refractivity contribution in [3.8, 4) is 5.75 Å². The Hall–Kier alpha value is -1.74. The van der Waals surface area contributed by atoms with Crippen LogP contribution in [0.15, 0.2) is 47.4 Å². The molecule has 0 saturated carbocycles. The second-order valence-electron chi connectivity index (χ2n) is 3.87. The highest BCUT2D eigenvalue weighted by molar-refractivity contribution is 6.30. The van der Waals surface area contributed by atoms with Crippen molar-refractivity contribution in [3.05, 3.63) is 63.5 Å². The minimum Gasteiger partial charge on any atom is -0.488 e. The van der Waals surface area contributed by atoms with Crippen LogP contribution in [-0.2, 0) is 6.54 Å². The van der Waals surface area contributed by atoms with Crippen LogP contribution in [-0.4, -0.2) is 11.2 Å². The maximum Gasteiger partial charge on any atom is 0.293 e. The van der Waals surface area contributed by atoms with Gasteiger partial charge in [-0.05, 0) is 36.8 Å². The van der Waals surface area contributed by atoms with Crippen molar-refractivity contribution in [2.45, 2.75) is 13.5 Å². The van der Waals surface area contributed by atoms with Gasteiger partial charge in [0.1, 0.15) is 0 Å². The van der Waals surface area contributed by atoms with Gasteiger partial charge in [0.05, 0.1) is 13.2 Å². The van der Waals surface area contributed by atoms with Crippen LogP contribution in [0, 0.1) is 0 Å². The van der Waals surface area contributed by atoms with Crippen molar-refractivity contribution >= 4 is 11.6 Å². The van der Waals surface area contributed by atoms with E-state index in [9.17, 15) is 4.79 Å². The molecule has 0 radical (unpaired) electrons. The highest BCUT2D eigenvalue weighted by Gasteiger charge is 2.04. The maximum atomic E-state index is 12.1. The Balaban J connectivity index is 2.29. The molecule has 0 fully saturated rings. The SMILES string of the molecule is CCOc1cccn(Cc2cccc(Cl)c2)c1=O. The van der Waals surface area contributed by atoms with Gasteiger partial charge in [-0.3, -0.25) is 4.79 Å². The summed E-state index contributed by atoms with van der Waals surface area (Å²) in [5.41, 5.74) is 0.859. The van der Waals surface area contributed by atoms with Gasteiger partial charge >= 0.3 is 0 Å². The first-order chi connectivity index (χ1) is 8.70. The standard InChI is InChI=1S/C14H14ClNO2/c1-2-18-13-7-4-8-16(14(13)17)10-11-5-3-6-12(15)9-11/h3-9H,2,10H2,1H3. The van der Waals surface area contributed by atoms with Gasteiger partial charge in [0.15, 0.2) is 5.75 Å². The number of aromatic nitrogens is 1. The molecular weight excluding hydrogens is 250 g/mol. The molecule has 0 amide bonds. The Morgan fingerprint density at radius 3 is 2.83 bits per heavy atom. The van der Waals surface area contributed by atoms with Gasteiger partial charge in [-0.2, -0.15) is 0 Å². The van der Waals surface area contributed by atoms with E-state index in [1.54, 1.807) is 22.9 Å². The van der Waals surface area contributed by atoms with E-state index in [4.69, 9.17) is 16.3 Å². The molecule has 0 N–H and O–H groups in total. The van der Waals surface area contributed by atoms with Crippen molar-refractivity contribution in [2.75, 3.05) is 6.61 Å². The normalized spacial score (nSPS) is 10.3. The Kier molecular flexibility index (Phi) is 4.05. The molecule has 0 spiro atoms. The quantitative estimate of drug-likeness (QED) is 0.849. The third kappa shape index (κ3) is 2.93. The van der Waals surface area contributed by atoms with Gasteiger partial charge in [0.25, 0.3) is 5.56 Å². The predicted molar refractivity (Wildman–Crippen MR) is 72.4 cm³/mol. The summed E-state index contributed by atoms with van der Waals surface area (Å²) >= 11 is 5.92. The Labute approximate surface area is 111 Å². The first-order valence-electron chi connectivity index (χ1n) is 5.77. The fourth-order valence-corrected chi connectivity index (χ4v) is 1.95. The molecule has 0 aliphatic carbocycles. The zero-order chi connectivity index (χ0) is 13.0. The summed E-state index contributed by atoms with van der Waals surface area (Å²) in [6.07, 6.45) is 1.74. The molecular formula is C14H14ClNO2. The topological polar surface area (TPSA) is 31.2 Å². The molecule has 3 nitrogen and oxygen atoms in total. The zero-order valence-corrected chi connectivity index (χ0v) is 10.9. The molecule has 0 saturated heterocycles. The number of hydrogen-bond donors (Lipinski definition) is 0. The Bertz CT molecular complexity index is 592. The van der Waals surface area contributed by atoms with E-state index in [1.807, 2.05) is 31.2 Å². The third-order valence-electron chi connectivity index (χ3n) is 2.53. The summed E-state index contributed by atoms with van der Waals surface area (Å²) in [5.74, 6) is 0.377. The molecule has 0 aliphatic heterocycles. The van der Waals surface area contributed by atoms with Crippen molar-refractivity contribution in [1.82, 2.24) is 4.57 Å². The Morgan fingerprint density at radius 2 is 2.11 bits per heavy atom. The Morgan fingerprint density at radius 1 is 1.28 bits per heavy atom. The van der Waals surface area contributed by atoms with E-state index < -0.39 is 0 Å². The molecule has 0 atom stereocenters. The van der Waals surface area contributed by atoms with E-state index in [0.29, 0.717) is 23.9 Å². The van der Waals surface area contributed by atoms with Gasteiger partial charge in [-0.15, -0.1) is 0 Å². The number of hydrogen-bond acceptors (Lipinski definition) is 2. The summed E-state index contributed by atoms with van der Waals surface area (Å²) in [6, 6.07) is 10.9. The first kappa shape index (κ1) is 12.7. The number of benzene rings is 1. The molecule has 4 heteroatoms. The zero-order valence-electron chi connectivity index (χ0n) is 10.1. The molecule has 0 bridgehead atoms. The fraction of sp³-hybridized carbons (Fsp3) is 0.214. The van der Waals surface area contributed by atoms with Gasteiger partial charge in [0, 0.05) is 11.2 Å². The van der Waals surface area contributed by atoms with E-state index in [0.717, 1.165) is 5.56 Å². The molecule has 2 rings (SSSR count). The molecule has 1 aromatic heterocycles. The minimum absolute atomic E-state index is 0.126. The minimum atomic E-state index is -0.126. The van der Waals surface area contributed by atoms with Gasteiger partial charge in [0.2, 0.25) is 0 Å². The van der Waals surface area contributed by atoms with Gasteiger partial charge in [-0.25, -0.2) is 0 Å². The molecule has 1 aromatic carbocycles. The smallest absolute Gasteiger partial charge is 0.293 e. The van der Waals surface area contributed by atoms with E-state index in [2.05, 4.69) is 0 Å². The van der Waals surface area contributed by atoms with Crippen LogP contribution in [0.4, 0.5) is 0 Å². The largest absolute Gasteiger partial charge is 0.488 e. The van der Waals surface area contributed by atoms with Crippen LogP contribution in [0.2, 0.25) is 5.02 Å². The lowest BCUT2D eigenvalue weighted by Crippen LogP contribution is -2.21. The lowest BCUT2D eigenvalue weighted by atomic mass is 10.2. The van der Waals surface area contributed by atoms with Crippen molar-refractivity contribution in [3.63, 3.8) is 0 Å². The van der Waals surface area contributed by atoms with Crippen LogP contribution in [0.5, 0.6) is 5.75 Å². The summed E-state index contributed by atoms with van der Waals surface area (Å²) in [7, 11) is 0. The molecule has 18 heavy (non-hydrogen) atoms. The second kappa shape index (κ2) is 5.74. The van der Waals surface area contributed by atoms with E-state index >= 15 is 0 Å². The lowest BCUT2D eigenvalue weighted by Gasteiger charge is -2.08. The second-order valence-corrected chi connectivity index (χ2v) is 4.30. The highest BCUT2D eigenvalue weighted by atomic mass is 35.5.